The maximum absolute atomic E-state index is 11.8. The second-order valence-electron chi connectivity index (χ2n) is 4.43. The summed E-state index contributed by atoms with van der Waals surface area (Å²) in [6.07, 6.45) is 0. The van der Waals surface area contributed by atoms with Gasteiger partial charge in [0.15, 0.2) is 9.84 Å². The van der Waals surface area contributed by atoms with Crippen LogP contribution in [0.25, 0.3) is 0 Å². The van der Waals surface area contributed by atoms with Crippen molar-refractivity contribution in [2.75, 3.05) is 18.6 Å². The molecule has 1 heterocycles. The van der Waals surface area contributed by atoms with Crippen molar-refractivity contribution < 1.29 is 16.8 Å². The molecule has 1 saturated heterocycles. The fourth-order valence-corrected chi connectivity index (χ4v) is 5.55. The normalized spacial score (nSPS) is 29.1. The molecule has 9 heteroatoms. The lowest BCUT2D eigenvalue weighted by Gasteiger charge is -2.24. The van der Waals surface area contributed by atoms with E-state index in [9.17, 15) is 16.8 Å². The van der Waals surface area contributed by atoms with Crippen molar-refractivity contribution >= 4 is 31.6 Å². The quantitative estimate of drug-likeness (QED) is 0.714. The third-order valence-corrected chi connectivity index (χ3v) is 6.85. The van der Waals surface area contributed by atoms with Crippen LogP contribution in [0.5, 0.6) is 0 Å². The van der Waals surface area contributed by atoms with Crippen molar-refractivity contribution in [2.24, 2.45) is 0 Å². The molecule has 102 valence electrons. The Morgan fingerprint density at radius 3 is 2.24 bits per heavy atom. The number of nitrogens with zero attached hydrogens (tertiary/aromatic N) is 1. The van der Waals surface area contributed by atoms with Gasteiger partial charge < -0.3 is 0 Å². The van der Waals surface area contributed by atoms with E-state index in [0.717, 1.165) is 4.31 Å². The molecule has 0 bridgehead atoms. The highest BCUT2D eigenvalue weighted by Gasteiger charge is 2.39. The van der Waals surface area contributed by atoms with E-state index in [1.807, 2.05) is 0 Å². The molecule has 6 nitrogen and oxygen atoms in total. The van der Waals surface area contributed by atoms with Crippen LogP contribution in [-0.4, -0.2) is 57.2 Å². The second-order valence-corrected chi connectivity index (χ2v) is 8.91. The van der Waals surface area contributed by atoms with Crippen LogP contribution in [-0.2, 0) is 20.0 Å². The Morgan fingerprint density at radius 1 is 1.35 bits per heavy atom. The van der Waals surface area contributed by atoms with Crippen LogP contribution in [0, 0.1) is 0 Å². The summed E-state index contributed by atoms with van der Waals surface area (Å²) in [7, 11) is -5.50. The van der Waals surface area contributed by atoms with Gasteiger partial charge in [-0.05, 0) is 13.8 Å². The van der Waals surface area contributed by atoms with E-state index in [0.29, 0.717) is 0 Å². The van der Waals surface area contributed by atoms with Gasteiger partial charge >= 0.3 is 0 Å². The predicted molar refractivity (Wildman–Crippen MR) is 67.0 cm³/mol. The number of nitrogens with one attached hydrogen (secondary N) is 1. The minimum atomic E-state index is -3.69. The van der Waals surface area contributed by atoms with Crippen LogP contribution < -0.4 is 4.72 Å². The first-order valence-corrected chi connectivity index (χ1v) is 8.85. The van der Waals surface area contributed by atoms with Gasteiger partial charge in [-0.2, -0.15) is 17.4 Å². The lowest BCUT2D eigenvalue weighted by atomic mass is 10.3. The lowest BCUT2D eigenvalue weighted by molar-refractivity contribution is 0.398. The van der Waals surface area contributed by atoms with Gasteiger partial charge in [0.05, 0.1) is 22.9 Å². The highest BCUT2D eigenvalue weighted by Crippen LogP contribution is 2.19. The second kappa shape index (κ2) is 5.00. The Kier molecular flexibility index (Phi) is 4.47. The smallest absolute Gasteiger partial charge is 0.229 e. The average molecular weight is 305 g/mol. The number of halogens is 1. The summed E-state index contributed by atoms with van der Waals surface area (Å²) in [6.45, 7) is 3.45. The molecule has 0 radical (unpaired) electrons. The Labute approximate surface area is 107 Å². The first-order chi connectivity index (χ1) is 7.55. The number of hydrogen-bond acceptors (Lipinski definition) is 4. The van der Waals surface area contributed by atoms with Crippen LogP contribution in [0.1, 0.15) is 13.8 Å². The third kappa shape index (κ3) is 3.78. The predicted octanol–water partition coefficient (Wildman–Crippen LogP) is -0.435. The van der Waals surface area contributed by atoms with Crippen LogP contribution in [0.4, 0.5) is 0 Å². The first-order valence-electron chi connectivity index (χ1n) is 5.15. The molecular formula is C8H17ClN2O4S2. The zero-order valence-corrected chi connectivity index (χ0v) is 12.3. The lowest BCUT2D eigenvalue weighted by Crippen LogP contribution is -2.49. The van der Waals surface area contributed by atoms with E-state index in [4.69, 9.17) is 11.6 Å². The molecule has 0 aromatic carbocycles. The van der Waals surface area contributed by atoms with Crippen LogP contribution in [0.2, 0.25) is 0 Å². The summed E-state index contributed by atoms with van der Waals surface area (Å²) in [5.41, 5.74) is 0. The topological polar surface area (TPSA) is 83.6 Å². The number of hydrogen-bond donors (Lipinski definition) is 1. The summed E-state index contributed by atoms with van der Waals surface area (Å²) in [4.78, 5) is 0. The third-order valence-electron chi connectivity index (χ3n) is 2.69. The largest absolute Gasteiger partial charge is 0.279 e. The van der Waals surface area contributed by atoms with Crippen LogP contribution in [0.3, 0.4) is 0 Å². The summed E-state index contributed by atoms with van der Waals surface area (Å²) in [6, 6.07) is -0.966. The molecule has 1 fully saturated rings. The van der Waals surface area contributed by atoms with E-state index < -0.39 is 31.5 Å². The molecule has 0 aromatic heterocycles. The minimum absolute atomic E-state index is 0.187. The minimum Gasteiger partial charge on any atom is -0.229 e. The standard InChI is InChI=1S/C8H17ClN2O4S2/c1-6(2)11(3)17(14,15)10-8-5-16(12,13)4-7(8)9/h6-8,10H,4-5H2,1-3H3. The van der Waals surface area contributed by atoms with E-state index in [1.165, 1.54) is 7.05 Å². The van der Waals surface area contributed by atoms with Crippen molar-refractivity contribution in [1.29, 1.82) is 0 Å². The number of alkyl halides is 1. The van der Waals surface area contributed by atoms with Gasteiger partial charge in [0.25, 0.3) is 10.2 Å². The first kappa shape index (κ1) is 15.2. The van der Waals surface area contributed by atoms with Gasteiger partial charge in [-0.3, -0.25) is 0 Å². The Bertz CT molecular complexity index is 474. The van der Waals surface area contributed by atoms with Crippen LogP contribution in [0.15, 0.2) is 0 Å². The molecule has 0 spiro atoms. The van der Waals surface area contributed by atoms with Gasteiger partial charge in [-0.1, -0.05) is 0 Å². The van der Waals surface area contributed by atoms with Crippen LogP contribution >= 0.6 is 11.6 Å². The zero-order valence-electron chi connectivity index (χ0n) is 9.92. The molecule has 0 aliphatic carbocycles. The molecule has 1 aliphatic heterocycles. The fraction of sp³-hybridized carbons (Fsp3) is 1.00. The van der Waals surface area contributed by atoms with E-state index >= 15 is 0 Å². The van der Waals surface area contributed by atoms with Crippen molar-refractivity contribution in [3.8, 4) is 0 Å². The van der Waals surface area contributed by atoms with Crippen molar-refractivity contribution in [3.05, 3.63) is 0 Å². The zero-order chi connectivity index (χ0) is 13.4. The molecule has 1 rings (SSSR count). The van der Waals surface area contributed by atoms with Crippen molar-refractivity contribution in [1.82, 2.24) is 9.03 Å². The molecule has 1 aliphatic rings. The van der Waals surface area contributed by atoms with E-state index in [-0.39, 0.29) is 17.5 Å². The molecule has 0 saturated carbocycles. The Balaban J connectivity index is 2.80. The van der Waals surface area contributed by atoms with Crippen molar-refractivity contribution in [3.63, 3.8) is 0 Å². The van der Waals surface area contributed by atoms with Crippen molar-refractivity contribution in [2.45, 2.75) is 31.3 Å². The molecule has 0 aromatic rings. The monoisotopic (exact) mass is 304 g/mol. The Morgan fingerprint density at radius 2 is 1.88 bits per heavy atom. The molecule has 0 amide bonds. The van der Waals surface area contributed by atoms with Gasteiger partial charge in [0.1, 0.15) is 0 Å². The average Bonchev–Trinajstić information content (AvgIpc) is 2.37. The summed E-state index contributed by atoms with van der Waals surface area (Å²) < 4.78 is 49.8. The fourth-order valence-electron chi connectivity index (χ4n) is 1.46. The molecule has 2 unspecified atom stereocenters. The van der Waals surface area contributed by atoms with Gasteiger partial charge in [0.2, 0.25) is 0 Å². The highest BCUT2D eigenvalue weighted by atomic mass is 35.5. The summed E-state index contributed by atoms with van der Waals surface area (Å²) in [5.74, 6) is -0.431. The number of rotatable bonds is 4. The van der Waals surface area contributed by atoms with Gasteiger partial charge in [-0.15, -0.1) is 11.6 Å². The molecule has 1 N–H and O–H groups in total. The summed E-state index contributed by atoms with van der Waals surface area (Å²) in [5, 5.41) is -0.713. The molecular weight excluding hydrogens is 288 g/mol. The van der Waals surface area contributed by atoms with E-state index in [1.54, 1.807) is 13.8 Å². The summed E-state index contributed by atoms with van der Waals surface area (Å²) >= 11 is 5.83. The van der Waals surface area contributed by atoms with E-state index in [2.05, 4.69) is 4.72 Å². The highest BCUT2D eigenvalue weighted by molar-refractivity contribution is 7.92. The maximum atomic E-state index is 11.8. The molecule has 2 atom stereocenters. The molecule has 17 heavy (non-hydrogen) atoms. The SMILES string of the molecule is CC(C)N(C)S(=O)(=O)NC1CS(=O)(=O)CC1Cl. The van der Waals surface area contributed by atoms with Gasteiger partial charge in [-0.25, -0.2) is 8.42 Å². The van der Waals surface area contributed by atoms with Gasteiger partial charge in [0, 0.05) is 13.1 Å². The number of sulfone groups is 1. The maximum Gasteiger partial charge on any atom is 0.279 e. The Hall–Kier alpha value is 0.110.